The van der Waals surface area contributed by atoms with Gasteiger partial charge in [-0.3, -0.25) is 14.4 Å². The number of amides is 2. The topological polar surface area (TPSA) is 77.9 Å². The predicted molar refractivity (Wildman–Crippen MR) is 97.9 cm³/mol. The van der Waals surface area contributed by atoms with Gasteiger partial charge in [-0.1, -0.05) is 12.1 Å². The second-order valence-electron chi connectivity index (χ2n) is 7.85. The van der Waals surface area contributed by atoms with Crippen LogP contribution in [0.15, 0.2) is 18.2 Å². The van der Waals surface area contributed by atoms with Crippen LogP contribution in [0.25, 0.3) is 0 Å². The van der Waals surface area contributed by atoms with Gasteiger partial charge in [-0.25, -0.2) is 0 Å². The van der Waals surface area contributed by atoms with Crippen molar-refractivity contribution in [3.8, 4) is 0 Å². The quantitative estimate of drug-likeness (QED) is 0.900. The highest BCUT2D eigenvalue weighted by atomic mass is 16.4. The average molecular weight is 358 g/mol. The van der Waals surface area contributed by atoms with Crippen LogP contribution < -0.4 is 4.90 Å². The van der Waals surface area contributed by atoms with E-state index < -0.39 is 17.3 Å². The van der Waals surface area contributed by atoms with E-state index >= 15 is 0 Å². The number of aryl methyl sites for hydroxylation is 1. The number of piperidine rings is 1. The molecule has 1 N–H and O–H groups in total. The van der Waals surface area contributed by atoms with Gasteiger partial charge in [0.2, 0.25) is 11.8 Å². The number of nitrogens with zero attached hydrogens (tertiary/aromatic N) is 2. The van der Waals surface area contributed by atoms with Gasteiger partial charge in [0.25, 0.3) is 0 Å². The van der Waals surface area contributed by atoms with Crippen molar-refractivity contribution in [2.24, 2.45) is 11.3 Å². The van der Waals surface area contributed by atoms with Crippen molar-refractivity contribution in [1.82, 2.24) is 4.90 Å². The Hall–Kier alpha value is -2.37. The van der Waals surface area contributed by atoms with Gasteiger partial charge in [0.05, 0.1) is 11.3 Å². The van der Waals surface area contributed by atoms with Crippen LogP contribution in [-0.2, 0) is 14.4 Å². The Kier molecular flexibility index (Phi) is 4.78. The van der Waals surface area contributed by atoms with Crippen molar-refractivity contribution < 1.29 is 19.5 Å². The smallest absolute Gasteiger partial charge is 0.311 e. The number of rotatable bonds is 3. The second-order valence-corrected chi connectivity index (χ2v) is 7.85. The fraction of sp³-hybridized carbons (Fsp3) is 0.550. The fourth-order valence-corrected chi connectivity index (χ4v) is 3.99. The molecule has 26 heavy (non-hydrogen) atoms. The Morgan fingerprint density at radius 3 is 2.69 bits per heavy atom. The number of carbonyl (C=O) groups excluding carboxylic acids is 2. The summed E-state index contributed by atoms with van der Waals surface area (Å²) in [6.07, 6.45) is 1.44. The van der Waals surface area contributed by atoms with E-state index in [1.54, 1.807) is 16.7 Å². The minimum atomic E-state index is -0.899. The fourth-order valence-electron chi connectivity index (χ4n) is 3.99. The minimum Gasteiger partial charge on any atom is -0.481 e. The first-order valence-corrected chi connectivity index (χ1v) is 9.12. The molecular weight excluding hydrogens is 332 g/mol. The first kappa shape index (κ1) is 18.4. The Labute approximate surface area is 153 Å². The molecule has 6 nitrogen and oxygen atoms in total. The van der Waals surface area contributed by atoms with Gasteiger partial charge >= 0.3 is 5.97 Å². The van der Waals surface area contributed by atoms with Crippen molar-refractivity contribution in [2.45, 2.75) is 40.0 Å². The average Bonchev–Trinajstić information content (AvgIpc) is 2.98. The lowest BCUT2D eigenvalue weighted by molar-refractivity contribution is -0.154. The predicted octanol–water partition coefficient (Wildman–Crippen LogP) is 2.37. The van der Waals surface area contributed by atoms with Crippen LogP contribution in [0.3, 0.4) is 0 Å². The summed E-state index contributed by atoms with van der Waals surface area (Å²) in [5.41, 5.74) is 2.12. The van der Waals surface area contributed by atoms with Crippen LogP contribution in [0.4, 0.5) is 5.69 Å². The van der Waals surface area contributed by atoms with Gasteiger partial charge in [0.15, 0.2) is 0 Å². The third-order valence-electron chi connectivity index (χ3n) is 5.87. The van der Waals surface area contributed by atoms with E-state index in [0.29, 0.717) is 25.9 Å². The number of carbonyl (C=O) groups is 3. The largest absolute Gasteiger partial charge is 0.481 e. The Balaban J connectivity index is 1.75. The van der Waals surface area contributed by atoms with E-state index in [4.69, 9.17) is 0 Å². The van der Waals surface area contributed by atoms with Crippen molar-refractivity contribution in [2.75, 3.05) is 24.5 Å². The summed E-state index contributed by atoms with van der Waals surface area (Å²) in [6, 6.07) is 5.83. The zero-order valence-corrected chi connectivity index (χ0v) is 15.6. The minimum absolute atomic E-state index is 0.0462. The number of likely N-dealkylation sites (tertiary alicyclic amines) is 1. The maximum atomic E-state index is 12.9. The second kappa shape index (κ2) is 6.74. The summed E-state index contributed by atoms with van der Waals surface area (Å²) < 4.78 is 0. The van der Waals surface area contributed by atoms with Gasteiger partial charge in [0, 0.05) is 31.7 Å². The number of anilines is 1. The molecular formula is C20H26N2O4. The molecule has 0 radical (unpaired) electrons. The molecule has 6 heteroatoms. The molecule has 0 aliphatic carbocycles. The monoisotopic (exact) mass is 358 g/mol. The van der Waals surface area contributed by atoms with Crippen LogP contribution in [0, 0.1) is 25.2 Å². The molecule has 2 heterocycles. The molecule has 0 spiro atoms. The summed E-state index contributed by atoms with van der Waals surface area (Å²) in [7, 11) is 0. The lowest BCUT2D eigenvalue weighted by Crippen LogP contribution is -2.50. The van der Waals surface area contributed by atoms with Gasteiger partial charge in [-0.05, 0) is 50.8 Å². The lowest BCUT2D eigenvalue weighted by Gasteiger charge is -2.38. The van der Waals surface area contributed by atoms with Crippen LogP contribution in [0.5, 0.6) is 0 Å². The maximum absolute atomic E-state index is 12.9. The van der Waals surface area contributed by atoms with E-state index in [2.05, 4.69) is 0 Å². The SMILES string of the molecule is Cc1cccc(N2CC(C(=O)N3CCCC(C)(C(=O)O)C3)CC2=O)c1C. The number of hydrogen-bond donors (Lipinski definition) is 1. The highest BCUT2D eigenvalue weighted by Gasteiger charge is 2.43. The van der Waals surface area contributed by atoms with Crippen LogP contribution in [0.2, 0.25) is 0 Å². The summed E-state index contributed by atoms with van der Waals surface area (Å²) in [6.45, 7) is 6.82. The summed E-state index contributed by atoms with van der Waals surface area (Å²) in [4.78, 5) is 40.3. The van der Waals surface area contributed by atoms with Crippen molar-refractivity contribution >= 4 is 23.5 Å². The third kappa shape index (κ3) is 3.20. The Morgan fingerprint density at radius 1 is 1.27 bits per heavy atom. The molecule has 1 aromatic rings. The van der Waals surface area contributed by atoms with Crippen molar-refractivity contribution in [1.29, 1.82) is 0 Å². The van der Waals surface area contributed by atoms with Gasteiger partial charge in [-0.2, -0.15) is 0 Å². The number of aliphatic carboxylic acids is 1. The standard InChI is InChI=1S/C20H26N2O4/c1-13-6-4-7-16(14(13)2)22-11-15(10-17(22)23)18(24)21-9-5-8-20(3,12-21)19(25)26/h4,6-7,15H,5,8-12H2,1-3H3,(H,25,26). The highest BCUT2D eigenvalue weighted by Crippen LogP contribution is 2.33. The highest BCUT2D eigenvalue weighted by molar-refractivity contribution is 6.01. The lowest BCUT2D eigenvalue weighted by atomic mass is 9.81. The van der Waals surface area contributed by atoms with E-state index in [-0.39, 0.29) is 24.8 Å². The molecule has 2 amide bonds. The maximum Gasteiger partial charge on any atom is 0.311 e. The summed E-state index contributed by atoms with van der Waals surface area (Å²) in [5, 5.41) is 9.45. The van der Waals surface area contributed by atoms with Crippen LogP contribution in [-0.4, -0.2) is 47.4 Å². The zero-order valence-electron chi connectivity index (χ0n) is 15.6. The number of benzene rings is 1. The van der Waals surface area contributed by atoms with E-state index in [1.165, 1.54) is 0 Å². The molecule has 2 aliphatic rings. The molecule has 140 valence electrons. The van der Waals surface area contributed by atoms with Gasteiger partial charge < -0.3 is 14.9 Å². The zero-order chi connectivity index (χ0) is 19.1. The van der Waals surface area contributed by atoms with Gasteiger partial charge in [-0.15, -0.1) is 0 Å². The molecule has 3 rings (SSSR count). The number of carboxylic acids is 1. The first-order chi connectivity index (χ1) is 12.2. The molecule has 0 bridgehead atoms. The summed E-state index contributed by atoms with van der Waals surface area (Å²) in [5.74, 6) is -1.42. The van der Waals surface area contributed by atoms with Gasteiger partial charge in [0.1, 0.15) is 0 Å². The third-order valence-corrected chi connectivity index (χ3v) is 5.87. The van der Waals surface area contributed by atoms with Crippen LogP contribution >= 0.6 is 0 Å². The van der Waals surface area contributed by atoms with E-state index in [9.17, 15) is 19.5 Å². The molecule has 2 aliphatic heterocycles. The number of hydrogen-bond acceptors (Lipinski definition) is 3. The molecule has 2 atom stereocenters. The van der Waals surface area contributed by atoms with E-state index in [0.717, 1.165) is 16.8 Å². The molecule has 2 fully saturated rings. The molecule has 2 unspecified atom stereocenters. The Morgan fingerprint density at radius 2 is 2.00 bits per heavy atom. The molecule has 0 aromatic heterocycles. The first-order valence-electron chi connectivity index (χ1n) is 9.12. The normalized spacial score (nSPS) is 26.3. The van der Waals surface area contributed by atoms with E-state index in [1.807, 2.05) is 32.0 Å². The molecule has 1 aromatic carbocycles. The Bertz CT molecular complexity index is 760. The molecule has 0 saturated carbocycles. The van der Waals surface area contributed by atoms with Crippen LogP contribution in [0.1, 0.15) is 37.3 Å². The van der Waals surface area contributed by atoms with Crippen molar-refractivity contribution in [3.05, 3.63) is 29.3 Å². The number of carboxylic acid groups (broad SMARTS) is 1. The van der Waals surface area contributed by atoms with Crippen molar-refractivity contribution in [3.63, 3.8) is 0 Å². The summed E-state index contributed by atoms with van der Waals surface area (Å²) >= 11 is 0. The molecule has 2 saturated heterocycles.